The van der Waals surface area contributed by atoms with Crippen LogP contribution in [0.5, 0.6) is 17.2 Å². The fourth-order valence-corrected chi connectivity index (χ4v) is 3.73. The Hall–Kier alpha value is -5.00. The number of hydrogen-bond donors (Lipinski definition) is 2. The number of amides is 1. The van der Waals surface area contributed by atoms with Crippen molar-refractivity contribution in [3.8, 4) is 28.5 Å². The number of carbonyl (C=O) groups excluding carboxylic acids is 2. The van der Waals surface area contributed by atoms with Crippen molar-refractivity contribution in [2.45, 2.75) is 6.18 Å². The van der Waals surface area contributed by atoms with Crippen molar-refractivity contribution in [1.29, 1.82) is 0 Å². The Morgan fingerprint density at radius 1 is 0.821 bits per heavy atom. The van der Waals surface area contributed by atoms with Crippen LogP contribution in [0.25, 0.3) is 11.3 Å². The maximum absolute atomic E-state index is 13.4. The number of carbonyl (C=O) groups is 2. The van der Waals surface area contributed by atoms with Crippen LogP contribution < -0.4 is 24.8 Å². The smallest absolute Gasteiger partial charge is 0.471 e. The zero-order valence-corrected chi connectivity index (χ0v) is 21.0. The van der Waals surface area contributed by atoms with Crippen LogP contribution in [0.1, 0.15) is 10.4 Å². The Morgan fingerprint density at radius 2 is 1.41 bits per heavy atom. The number of rotatable bonds is 8. The van der Waals surface area contributed by atoms with Crippen molar-refractivity contribution in [3.63, 3.8) is 0 Å². The normalized spacial score (nSPS) is 11.0. The minimum absolute atomic E-state index is 0.105. The SMILES string of the molecule is COc1cc(-c2cc(Nc3ccccc3NC(=O)C(F)(F)F)n(C(=O)c3ccccc3)n2)cc(OC)c1OC. The summed E-state index contributed by atoms with van der Waals surface area (Å²) < 4.78 is 56.0. The quantitative estimate of drug-likeness (QED) is 0.304. The number of ether oxygens (including phenoxy) is 3. The first-order valence-corrected chi connectivity index (χ1v) is 11.4. The van der Waals surface area contributed by atoms with E-state index >= 15 is 0 Å². The minimum atomic E-state index is -5.09. The van der Waals surface area contributed by atoms with Gasteiger partial charge in [0, 0.05) is 17.2 Å². The molecule has 0 saturated heterocycles. The van der Waals surface area contributed by atoms with Crippen LogP contribution in [0, 0.1) is 0 Å². The molecule has 0 saturated carbocycles. The number of benzene rings is 3. The molecule has 39 heavy (non-hydrogen) atoms. The Labute approximate surface area is 221 Å². The van der Waals surface area contributed by atoms with E-state index in [0.717, 1.165) is 4.68 Å². The molecule has 1 amide bonds. The molecule has 0 atom stereocenters. The van der Waals surface area contributed by atoms with Crippen LogP contribution in [0.15, 0.2) is 72.8 Å². The summed E-state index contributed by atoms with van der Waals surface area (Å²) in [6, 6.07) is 18.9. The van der Waals surface area contributed by atoms with E-state index in [-0.39, 0.29) is 17.2 Å². The molecular formula is C27H23F3N4O5. The first-order chi connectivity index (χ1) is 18.7. The number of halogens is 3. The average molecular weight is 540 g/mol. The third kappa shape index (κ3) is 5.79. The summed E-state index contributed by atoms with van der Waals surface area (Å²) in [6.07, 6.45) is -5.09. The van der Waals surface area contributed by atoms with Crippen molar-refractivity contribution >= 4 is 29.0 Å². The standard InChI is InChI=1S/C27H23F3N4O5/c1-37-21-13-17(14-22(38-2)24(21)39-3)20-15-23(34(33-20)25(35)16-9-5-4-6-10-16)31-18-11-7-8-12-19(18)32-26(36)27(28,29)30/h4-15,31H,1-3H3,(H,32,36). The zero-order valence-electron chi connectivity index (χ0n) is 21.0. The molecule has 2 N–H and O–H groups in total. The zero-order chi connectivity index (χ0) is 28.2. The topological polar surface area (TPSA) is 104 Å². The molecule has 1 heterocycles. The monoisotopic (exact) mass is 540 g/mol. The average Bonchev–Trinajstić information content (AvgIpc) is 3.36. The number of aromatic nitrogens is 2. The van der Waals surface area contributed by atoms with Gasteiger partial charge in [-0.2, -0.15) is 23.0 Å². The van der Waals surface area contributed by atoms with Crippen LogP contribution >= 0.6 is 0 Å². The molecule has 3 aromatic carbocycles. The van der Waals surface area contributed by atoms with Gasteiger partial charge < -0.3 is 24.8 Å². The highest BCUT2D eigenvalue weighted by Crippen LogP contribution is 2.41. The summed E-state index contributed by atoms with van der Waals surface area (Å²) >= 11 is 0. The highest BCUT2D eigenvalue weighted by atomic mass is 19.4. The second-order valence-electron chi connectivity index (χ2n) is 8.03. The van der Waals surface area contributed by atoms with Crippen LogP contribution in [-0.2, 0) is 4.79 Å². The molecular weight excluding hydrogens is 517 g/mol. The van der Waals surface area contributed by atoms with Crippen molar-refractivity contribution < 1.29 is 37.0 Å². The maximum atomic E-state index is 13.4. The van der Waals surface area contributed by atoms with Crippen LogP contribution in [0.4, 0.5) is 30.4 Å². The van der Waals surface area contributed by atoms with Crippen molar-refractivity contribution in [3.05, 3.63) is 78.4 Å². The van der Waals surface area contributed by atoms with E-state index in [4.69, 9.17) is 14.2 Å². The van der Waals surface area contributed by atoms with E-state index in [1.165, 1.54) is 45.6 Å². The molecule has 0 spiro atoms. The summed E-state index contributed by atoms with van der Waals surface area (Å²) in [7, 11) is 4.37. The van der Waals surface area contributed by atoms with Gasteiger partial charge in [0.2, 0.25) is 5.75 Å². The molecule has 12 heteroatoms. The molecule has 4 aromatic rings. The number of anilines is 3. The number of nitrogens with one attached hydrogen (secondary N) is 2. The van der Waals surface area contributed by atoms with E-state index < -0.39 is 18.0 Å². The number of para-hydroxylation sites is 2. The molecule has 0 fully saturated rings. The molecule has 0 unspecified atom stereocenters. The van der Waals surface area contributed by atoms with Gasteiger partial charge in [0.05, 0.1) is 38.4 Å². The third-order valence-corrected chi connectivity index (χ3v) is 5.58. The van der Waals surface area contributed by atoms with Crippen molar-refractivity contribution in [2.24, 2.45) is 0 Å². The first kappa shape index (κ1) is 27.0. The Bertz CT molecular complexity index is 1480. The molecule has 0 aliphatic carbocycles. The largest absolute Gasteiger partial charge is 0.493 e. The third-order valence-electron chi connectivity index (χ3n) is 5.58. The Kier molecular flexibility index (Phi) is 7.75. The van der Waals surface area contributed by atoms with Crippen LogP contribution in [0.3, 0.4) is 0 Å². The molecule has 0 aliphatic rings. The van der Waals surface area contributed by atoms with E-state index in [0.29, 0.717) is 34.1 Å². The highest BCUT2D eigenvalue weighted by molar-refractivity contribution is 6.00. The lowest BCUT2D eigenvalue weighted by atomic mass is 10.1. The summed E-state index contributed by atoms with van der Waals surface area (Å²) in [5.41, 5.74) is 1.10. The highest BCUT2D eigenvalue weighted by Gasteiger charge is 2.39. The predicted octanol–water partition coefficient (Wildman–Crippen LogP) is 5.51. The maximum Gasteiger partial charge on any atom is 0.471 e. The predicted molar refractivity (Wildman–Crippen MR) is 138 cm³/mol. The lowest BCUT2D eigenvalue weighted by molar-refractivity contribution is -0.167. The summed E-state index contributed by atoms with van der Waals surface area (Å²) in [5.74, 6) is -1.45. The van der Waals surface area contributed by atoms with E-state index in [1.54, 1.807) is 48.5 Å². The molecule has 0 radical (unpaired) electrons. The number of nitrogens with zero attached hydrogens (tertiary/aromatic N) is 2. The van der Waals surface area contributed by atoms with Gasteiger partial charge in [-0.1, -0.05) is 30.3 Å². The summed E-state index contributed by atoms with van der Waals surface area (Å²) in [5, 5.41) is 9.25. The first-order valence-electron chi connectivity index (χ1n) is 11.4. The molecule has 4 rings (SSSR count). The van der Waals surface area contributed by atoms with Gasteiger partial charge in [-0.05, 0) is 36.4 Å². The molecule has 0 bridgehead atoms. The van der Waals surface area contributed by atoms with Crippen LogP contribution in [0.2, 0.25) is 0 Å². The van der Waals surface area contributed by atoms with Gasteiger partial charge >= 0.3 is 12.1 Å². The number of methoxy groups -OCH3 is 3. The van der Waals surface area contributed by atoms with Gasteiger partial charge in [0.1, 0.15) is 5.82 Å². The second kappa shape index (κ2) is 11.2. The van der Waals surface area contributed by atoms with Gasteiger partial charge in [-0.15, -0.1) is 0 Å². The van der Waals surface area contributed by atoms with Gasteiger partial charge in [-0.3, -0.25) is 9.59 Å². The fourth-order valence-electron chi connectivity index (χ4n) is 3.73. The minimum Gasteiger partial charge on any atom is -0.493 e. The van der Waals surface area contributed by atoms with Gasteiger partial charge in [0.25, 0.3) is 5.91 Å². The fraction of sp³-hybridized carbons (Fsp3) is 0.148. The number of hydrogen-bond acceptors (Lipinski definition) is 7. The lowest BCUT2D eigenvalue weighted by Gasteiger charge is -2.14. The molecule has 0 aliphatic heterocycles. The number of alkyl halides is 3. The van der Waals surface area contributed by atoms with Gasteiger partial charge in [-0.25, -0.2) is 0 Å². The molecule has 9 nitrogen and oxygen atoms in total. The molecule has 202 valence electrons. The van der Waals surface area contributed by atoms with Crippen LogP contribution in [-0.4, -0.2) is 49.1 Å². The van der Waals surface area contributed by atoms with E-state index in [1.807, 2.05) is 5.32 Å². The van der Waals surface area contributed by atoms with Crippen molar-refractivity contribution in [2.75, 3.05) is 32.0 Å². The molecule has 1 aromatic heterocycles. The summed E-state index contributed by atoms with van der Waals surface area (Å²) in [4.78, 5) is 25.0. The van der Waals surface area contributed by atoms with E-state index in [2.05, 4.69) is 10.4 Å². The Balaban J connectivity index is 1.82. The Morgan fingerprint density at radius 3 is 1.97 bits per heavy atom. The van der Waals surface area contributed by atoms with Gasteiger partial charge in [0.15, 0.2) is 11.5 Å². The lowest BCUT2D eigenvalue weighted by Crippen LogP contribution is -2.30. The summed E-state index contributed by atoms with van der Waals surface area (Å²) in [6.45, 7) is 0. The van der Waals surface area contributed by atoms with Crippen molar-refractivity contribution in [1.82, 2.24) is 9.78 Å². The van der Waals surface area contributed by atoms with E-state index in [9.17, 15) is 22.8 Å². The second-order valence-corrected chi connectivity index (χ2v) is 8.03.